The highest BCUT2D eigenvalue weighted by atomic mass is 16.5. The molecule has 0 aliphatic heterocycles. The maximum atomic E-state index is 12.3. The Bertz CT molecular complexity index is 1280. The van der Waals surface area contributed by atoms with Gasteiger partial charge in [0.2, 0.25) is 17.7 Å². The van der Waals surface area contributed by atoms with Gasteiger partial charge in [-0.1, -0.05) is 0 Å². The summed E-state index contributed by atoms with van der Waals surface area (Å²) in [5, 5.41) is 16.4. The molecule has 3 heterocycles. The molecule has 3 aromatic heterocycles. The predicted octanol–water partition coefficient (Wildman–Crippen LogP) is 2.59. The molecule has 0 unspecified atom stereocenters. The first-order chi connectivity index (χ1) is 15.8. The molecule has 0 radical (unpaired) electrons. The van der Waals surface area contributed by atoms with Crippen molar-refractivity contribution in [1.82, 2.24) is 24.8 Å². The average molecular weight is 448 g/mol. The van der Waals surface area contributed by atoms with Crippen LogP contribution < -0.4 is 20.7 Å². The lowest BCUT2D eigenvalue weighted by Crippen LogP contribution is -2.26. The van der Waals surface area contributed by atoms with Crippen molar-refractivity contribution in [3.05, 3.63) is 42.2 Å². The number of ether oxygens (including phenoxy) is 1. The Morgan fingerprint density at radius 2 is 2.00 bits per heavy atom. The van der Waals surface area contributed by atoms with Gasteiger partial charge in [0.05, 0.1) is 0 Å². The van der Waals surface area contributed by atoms with Gasteiger partial charge in [-0.25, -0.2) is 9.97 Å². The van der Waals surface area contributed by atoms with E-state index in [0.717, 1.165) is 12.8 Å². The summed E-state index contributed by atoms with van der Waals surface area (Å²) in [4.78, 5) is 36.7. The molecule has 1 aliphatic rings. The quantitative estimate of drug-likeness (QED) is 0.306. The molecule has 11 nitrogen and oxygen atoms in total. The largest absolute Gasteiger partial charge is 0.439 e. The molecule has 3 aromatic rings. The van der Waals surface area contributed by atoms with Crippen LogP contribution in [0.2, 0.25) is 0 Å². The van der Waals surface area contributed by atoms with Gasteiger partial charge in [0, 0.05) is 51.0 Å². The van der Waals surface area contributed by atoms with Crippen molar-refractivity contribution in [2.45, 2.75) is 19.8 Å². The maximum absolute atomic E-state index is 12.3. The van der Waals surface area contributed by atoms with Crippen molar-refractivity contribution in [2.24, 2.45) is 13.0 Å². The summed E-state index contributed by atoms with van der Waals surface area (Å²) in [5.41, 5.74) is 1.81. The Balaban J connectivity index is 1.58. The van der Waals surface area contributed by atoms with E-state index < -0.39 is 0 Å². The van der Waals surface area contributed by atoms with E-state index in [9.17, 15) is 9.59 Å². The minimum Gasteiger partial charge on any atom is -0.439 e. The predicted molar refractivity (Wildman–Crippen MR) is 123 cm³/mol. The van der Waals surface area contributed by atoms with Crippen molar-refractivity contribution in [1.29, 1.82) is 5.41 Å². The van der Waals surface area contributed by atoms with Gasteiger partial charge in [0.15, 0.2) is 5.65 Å². The number of imidazole rings is 1. The molecule has 0 bridgehead atoms. The van der Waals surface area contributed by atoms with E-state index >= 15 is 0 Å². The van der Waals surface area contributed by atoms with Gasteiger partial charge >= 0.3 is 0 Å². The first-order valence-corrected chi connectivity index (χ1v) is 10.4. The number of nitrogens with zero attached hydrogens (tertiary/aromatic N) is 4. The van der Waals surface area contributed by atoms with Crippen LogP contribution in [0, 0.1) is 11.3 Å². The fourth-order valence-electron chi connectivity index (χ4n) is 3.14. The minimum atomic E-state index is -0.336. The number of aromatic nitrogens is 4. The smallest absolute Gasteiger partial charge is 0.267 e. The molecule has 33 heavy (non-hydrogen) atoms. The second-order valence-electron chi connectivity index (χ2n) is 7.64. The van der Waals surface area contributed by atoms with Crippen molar-refractivity contribution in [3.63, 3.8) is 0 Å². The zero-order chi connectivity index (χ0) is 23.5. The number of aryl methyl sites for hydroxylation is 1. The standard InChI is InChI=1S/C22H24N8O3/c1-12(31)26-18-10-14(8-9-25-18)33-19-7-6-16-20(29-19)30(3)22(27-16)28-17(21(32)24-2)11-15(23)13-4-5-13/h6-11,13,23H,4-5H2,1-3H3,(H,24,32)(H,27,28)(H,25,26,31)/b17-11+,23-15?. The summed E-state index contributed by atoms with van der Waals surface area (Å²) < 4.78 is 7.53. The Hall–Kier alpha value is -4.28. The summed E-state index contributed by atoms with van der Waals surface area (Å²) in [6.07, 6.45) is 5.02. The van der Waals surface area contributed by atoms with Crippen LogP contribution in [-0.2, 0) is 16.6 Å². The Labute approximate surface area is 189 Å². The third-order valence-electron chi connectivity index (χ3n) is 4.98. The van der Waals surface area contributed by atoms with Gasteiger partial charge in [0.25, 0.3) is 5.91 Å². The first kappa shape index (κ1) is 21.9. The van der Waals surface area contributed by atoms with Gasteiger partial charge in [-0.05, 0) is 31.1 Å². The van der Waals surface area contributed by atoms with Crippen LogP contribution in [-0.4, -0.2) is 44.1 Å². The molecule has 0 atom stereocenters. The number of rotatable bonds is 8. The molecular formula is C22H24N8O3. The molecule has 4 N–H and O–H groups in total. The monoisotopic (exact) mass is 448 g/mol. The number of carbonyl (C=O) groups excluding carboxylic acids is 2. The van der Waals surface area contributed by atoms with Gasteiger partial charge in [-0.2, -0.15) is 4.98 Å². The number of hydrogen-bond donors (Lipinski definition) is 4. The highest BCUT2D eigenvalue weighted by Gasteiger charge is 2.26. The van der Waals surface area contributed by atoms with E-state index in [2.05, 4.69) is 30.9 Å². The molecule has 0 aromatic carbocycles. The second-order valence-corrected chi connectivity index (χ2v) is 7.64. The zero-order valence-electron chi connectivity index (χ0n) is 18.5. The van der Waals surface area contributed by atoms with Crippen molar-refractivity contribution in [2.75, 3.05) is 17.7 Å². The van der Waals surface area contributed by atoms with Gasteiger partial charge in [-0.3, -0.25) is 14.2 Å². The number of nitrogens with one attached hydrogen (secondary N) is 4. The minimum absolute atomic E-state index is 0.215. The van der Waals surface area contributed by atoms with Crippen molar-refractivity contribution >= 4 is 40.5 Å². The summed E-state index contributed by atoms with van der Waals surface area (Å²) in [6, 6.07) is 6.69. The highest BCUT2D eigenvalue weighted by Crippen LogP contribution is 2.31. The molecule has 0 saturated heterocycles. The summed E-state index contributed by atoms with van der Waals surface area (Å²) in [5.74, 6) is 1.22. The van der Waals surface area contributed by atoms with E-state index in [1.165, 1.54) is 20.2 Å². The maximum Gasteiger partial charge on any atom is 0.267 e. The van der Waals surface area contributed by atoms with Crippen LogP contribution in [0.15, 0.2) is 42.2 Å². The molecule has 11 heteroatoms. The van der Waals surface area contributed by atoms with Gasteiger partial charge < -0.3 is 26.1 Å². The van der Waals surface area contributed by atoms with Crippen molar-refractivity contribution < 1.29 is 14.3 Å². The molecule has 0 spiro atoms. The molecule has 1 saturated carbocycles. The van der Waals surface area contributed by atoms with E-state index in [1.807, 2.05) is 0 Å². The summed E-state index contributed by atoms with van der Waals surface area (Å²) >= 11 is 0. The van der Waals surface area contributed by atoms with E-state index in [4.69, 9.17) is 10.1 Å². The number of amides is 2. The number of likely N-dealkylation sites (N-methyl/N-ethyl adjacent to an activating group) is 1. The Morgan fingerprint density at radius 3 is 2.70 bits per heavy atom. The zero-order valence-corrected chi connectivity index (χ0v) is 18.5. The number of allylic oxidation sites excluding steroid dienone is 1. The molecule has 1 aliphatic carbocycles. The molecule has 170 valence electrons. The summed E-state index contributed by atoms with van der Waals surface area (Å²) in [7, 11) is 3.30. The molecule has 2 amide bonds. The van der Waals surface area contributed by atoms with E-state index in [-0.39, 0.29) is 23.4 Å². The summed E-state index contributed by atoms with van der Waals surface area (Å²) in [6.45, 7) is 1.40. The topological polar surface area (TPSA) is 147 Å². The lowest BCUT2D eigenvalue weighted by molar-refractivity contribution is -0.117. The van der Waals surface area contributed by atoms with E-state index in [1.54, 1.807) is 42.0 Å². The third-order valence-corrected chi connectivity index (χ3v) is 4.98. The average Bonchev–Trinajstić information content (AvgIpc) is 3.59. The first-order valence-electron chi connectivity index (χ1n) is 10.4. The van der Waals surface area contributed by atoms with Gasteiger partial charge in [-0.15, -0.1) is 0 Å². The number of fused-ring (bicyclic) bond motifs is 1. The van der Waals surface area contributed by atoms with Crippen LogP contribution in [0.1, 0.15) is 19.8 Å². The number of carbonyl (C=O) groups is 2. The fraction of sp³-hybridized carbons (Fsp3) is 0.273. The van der Waals surface area contributed by atoms with Gasteiger partial charge in [0.1, 0.15) is 22.8 Å². The normalized spacial score (nSPS) is 13.5. The highest BCUT2D eigenvalue weighted by molar-refractivity contribution is 6.05. The van der Waals surface area contributed by atoms with Crippen LogP contribution in [0.25, 0.3) is 11.2 Å². The Kier molecular flexibility index (Phi) is 6.03. The Morgan fingerprint density at radius 1 is 1.21 bits per heavy atom. The molecular weight excluding hydrogens is 424 g/mol. The second kappa shape index (κ2) is 9.07. The third kappa shape index (κ3) is 5.14. The van der Waals surface area contributed by atoms with Crippen molar-refractivity contribution in [3.8, 4) is 11.6 Å². The van der Waals surface area contributed by atoms with Crippen LogP contribution >= 0.6 is 0 Å². The number of anilines is 2. The number of hydrogen-bond acceptors (Lipinski definition) is 8. The molecule has 1 fully saturated rings. The number of pyridine rings is 2. The SMILES string of the molecule is CNC(=O)/C(=C\C(=N)C1CC1)Nc1nc2ccc(Oc3ccnc(NC(C)=O)c3)nc2n1C. The van der Waals surface area contributed by atoms with Crippen LogP contribution in [0.4, 0.5) is 11.8 Å². The van der Waals surface area contributed by atoms with Crippen LogP contribution in [0.5, 0.6) is 11.6 Å². The fourth-order valence-corrected chi connectivity index (χ4v) is 3.14. The van der Waals surface area contributed by atoms with E-state index in [0.29, 0.717) is 40.3 Å². The lowest BCUT2D eigenvalue weighted by Gasteiger charge is -2.10. The van der Waals surface area contributed by atoms with Crippen LogP contribution in [0.3, 0.4) is 0 Å². The molecule has 4 rings (SSSR count). The lowest BCUT2D eigenvalue weighted by atomic mass is 10.2.